The third-order valence-electron chi connectivity index (χ3n) is 2.68. The average Bonchev–Trinajstić information content (AvgIpc) is 3.14. The number of hydrogen-bond acceptors (Lipinski definition) is 4. The second-order valence-electron chi connectivity index (χ2n) is 3.94. The van der Waals surface area contributed by atoms with Gasteiger partial charge in [0.05, 0.1) is 21.3 Å². The van der Waals surface area contributed by atoms with Crippen molar-refractivity contribution >= 4 is 61.7 Å². The zero-order valence-electron chi connectivity index (χ0n) is 11.9. The van der Waals surface area contributed by atoms with E-state index in [1.54, 1.807) is 22.7 Å². The number of halogens is 5. The molecule has 0 bridgehead atoms. The van der Waals surface area contributed by atoms with Crippen molar-refractivity contribution in [2.24, 2.45) is 0 Å². The van der Waals surface area contributed by atoms with E-state index in [4.69, 9.17) is 33.9 Å². The van der Waals surface area contributed by atoms with Gasteiger partial charge < -0.3 is 4.40 Å². The van der Waals surface area contributed by atoms with Crippen molar-refractivity contribution < 1.29 is 8.78 Å². The van der Waals surface area contributed by atoms with E-state index in [0.29, 0.717) is 31.2 Å². The van der Waals surface area contributed by atoms with Crippen molar-refractivity contribution in [3.05, 3.63) is 33.4 Å². The molecule has 0 aliphatic heterocycles. The van der Waals surface area contributed by atoms with Gasteiger partial charge in [-0.1, -0.05) is 48.4 Å². The molecule has 10 heteroatoms. The third-order valence-corrected chi connectivity index (χ3v) is 5.14. The van der Waals surface area contributed by atoms with Gasteiger partial charge in [-0.05, 0) is 33.8 Å². The molecule has 124 valence electrons. The molecule has 3 rings (SSSR count). The Balaban J connectivity index is 0.000000924. The maximum Gasteiger partial charge on any atom is 0.291 e. The van der Waals surface area contributed by atoms with Crippen LogP contribution in [0.15, 0.2) is 23.2 Å². The van der Waals surface area contributed by atoms with Crippen LogP contribution in [0.4, 0.5) is 8.78 Å². The molecule has 0 amide bonds. The second-order valence-corrected chi connectivity index (χ2v) is 6.86. The van der Waals surface area contributed by atoms with Crippen LogP contribution < -0.4 is 0 Å². The Morgan fingerprint density at radius 1 is 1.17 bits per heavy atom. The Labute approximate surface area is 154 Å². The highest BCUT2D eigenvalue weighted by Gasteiger charge is 2.19. The van der Waals surface area contributed by atoms with E-state index in [-0.39, 0.29) is 5.01 Å². The normalized spacial score (nSPS) is 11.0. The zero-order valence-corrected chi connectivity index (χ0v) is 15.8. The van der Waals surface area contributed by atoms with Crippen LogP contribution in [0.5, 0.6) is 0 Å². The SMILES string of the molecule is CC.FC(F)c1nnc(-c2cc(Cl)c3c(Cl)cc(SCl)cn23)s1. The molecule has 23 heavy (non-hydrogen) atoms. The molecule has 0 aliphatic carbocycles. The summed E-state index contributed by atoms with van der Waals surface area (Å²) in [4.78, 5) is 0.696. The number of nitrogens with zero attached hydrogens (tertiary/aromatic N) is 3. The van der Waals surface area contributed by atoms with Gasteiger partial charge >= 0.3 is 0 Å². The highest BCUT2D eigenvalue weighted by atomic mass is 35.7. The average molecular weight is 417 g/mol. The van der Waals surface area contributed by atoms with E-state index in [0.717, 1.165) is 22.3 Å². The topological polar surface area (TPSA) is 30.2 Å². The summed E-state index contributed by atoms with van der Waals surface area (Å²) in [6.07, 6.45) is -0.945. The van der Waals surface area contributed by atoms with Crippen molar-refractivity contribution in [2.75, 3.05) is 0 Å². The Hall–Kier alpha value is -0.600. The highest BCUT2D eigenvalue weighted by Crippen LogP contribution is 2.38. The first-order valence-electron chi connectivity index (χ1n) is 6.42. The molecule has 0 spiro atoms. The van der Waals surface area contributed by atoms with Crippen LogP contribution in [0.1, 0.15) is 25.3 Å². The van der Waals surface area contributed by atoms with E-state index in [1.165, 1.54) is 0 Å². The second kappa shape index (κ2) is 7.98. The first-order chi connectivity index (χ1) is 11.0. The molecule has 0 radical (unpaired) electrons. The Morgan fingerprint density at radius 2 is 1.83 bits per heavy atom. The minimum Gasteiger partial charge on any atom is -0.310 e. The smallest absolute Gasteiger partial charge is 0.291 e. The third kappa shape index (κ3) is 3.74. The zero-order chi connectivity index (χ0) is 17.1. The molecule has 0 fully saturated rings. The minimum atomic E-state index is -2.66. The molecular formula is C13H10Cl3F2N3S2. The molecule has 3 nitrogen and oxygen atoms in total. The van der Waals surface area contributed by atoms with Gasteiger partial charge in [-0.15, -0.1) is 10.2 Å². The van der Waals surface area contributed by atoms with Gasteiger partial charge in [0, 0.05) is 11.1 Å². The van der Waals surface area contributed by atoms with Crippen LogP contribution >= 0.6 is 56.2 Å². The summed E-state index contributed by atoms with van der Waals surface area (Å²) < 4.78 is 26.9. The van der Waals surface area contributed by atoms with E-state index >= 15 is 0 Å². The van der Waals surface area contributed by atoms with Crippen LogP contribution in [0, 0.1) is 0 Å². The quantitative estimate of drug-likeness (QED) is 0.461. The lowest BCUT2D eigenvalue weighted by atomic mass is 10.4. The van der Waals surface area contributed by atoms with Crippen molar-refractivity contribution in [2.45, 2.75) is 25.2 Å². The maximum atomic E-state index is 12.6. The number of alkyl halides is 2. The summed E-state index contributed by atoms with van der Waals surface area (Å²) in [6.45, 7) is 4.00. The molecule has 0 unspecified atom stereocenters. The molecule has 3 heterocycles. The standard InChI is InChI=1S/C11H4Cl3F2N3S2.C2H6/c12-5-1-4(21-14)3-19-7(2-6(13)8(5)19)10-17-18-11(20-10)9(15)16;1-2/h1-3,9H;1-2H3. The number of fused-ring (bicyclic) bond motifs is 1. The predicted molar refractivity (Wildman–Crippen MR) is 94.3 cm³/mol. The summed E-state index contributed by atoms with van der Waals surface area (Å²) in [5.41, 5.74) is 1.10. The maximum absolute atomic E-state index is 12.6. The molecular weight excluding hydrogens is 407 g/mol. The van der Waals surface area contributed by atoms with Crippen molar-refractivity contribution in [3.8, 4) is 10.7 Å². The molecule has 0 saturated heterocycles. The molecule has 3 aromatic rings. The number of rotatable bonds is 3. The van der Waals surface area contributed by atoms with Crippen LogP contribution in [-0.4, -0.2) is 14.6 Å². The fraction of sp³-hybridized carbons (Fsp3) is 0.231. The van der Waals surface area contributed by atoms with Gasteiger partial charge in [0.25, 0.3) is 6.43 Å². The number of hydrogen-bond donors (Lipinski definition) is 0. The van der Waals surface area contributed by atoms with Gasteiger partial charge in [-0.25, -0.2) is 8.78 Å². The Morgan fingerprint density at radius 3 is 2.39 bits per heavy atom. The lowest BCUT2D eigenvalue weighted by molar-refractivity contribution is 0.150. The molecule has 0 saturated carbocycles. The summed E-state index contributed by atoms with van der Waals surface area (Å²) in [7, 11) is 6.73. The molecule has 0 atom stereocenters. The van der Waals surface area contributed by atoms with Gasteiger partial charge in [-0.3, -0.25) is 0 Å². The van der Waals surface area contributed by atoms with E-state index in [9.17, 15) is 8.78 Å². The molecule has 0 aliphatic rings. The monoisotopic (exact) mass is 415 g/mol. The minimum absolute atomic E-state index is 0.333. The summed E-state index contributed by atoms with van der Waals surface area (Å²) in [5.74, 6) is 0. The lowest BCUT2D eigenvalue weighted by Gasteiger charge is -2.04. The summed E-state index contributed by atoms with van der Waals surface area (Å²) >= 11 is 13.1. The van der Waals surface area contributed by atoms with E-state index in [1.807, 2.05) is 13.8 Å². The first-order valence-corrected chi connectivity index (χ1v) is 9.63. The van der Waals surface area contributed by atoms with Crippen LogP contribution in [0.2, 0.25) is 10.0 Å². The van der Waals surface area contributed by atoms with Crippen LogP contribution in [0.25, 0.3) is 16.2 Å². The summed E-state index contributed by atoms with van der Waals surface area (Å²) in [6, 6.07) is 3.29. The van der Waals surface area contributed by atoms with Crippen molar-refractivity contribution in [1.82, 2.24) is 14.6 Å². The van der Waals surface area contributed by atoms with Gasteiger partial charge in [0.2, 0.25) is 0 Å². The lowest BCUT2D eigenvalue weighted by Crippen LogP contribution is -1.89. The molecule has 0 aromatic carbocycles. The Kier molecular flexibility index (Phi) is 6.50. The van der Waals surface area contributed by atoms with Crippen molar-refractivity contribution in [1.29, 1.82) is 0 Å². The predicted octanol–water partition coefficient (Wildman–Crippen LogP) is 6.97. The largest absolute Gasteiger partial charge is 0.310 e. The Bertz CT molecular complexity index is 820. The summed E-state index contributed by atoms with van der Waals surface area (Å²) in [5, 5.41) is 8.05. The molecule has 3 aromatic heterocycles. The van der Waals surface area contributed by atoms with Gasteiger partial charge in [-0.2, -0.15) is 0 Å². The molecule has 0 N–H and O–H groups in total. The highest BCUT2D eigenvalue weighted by molar-refractivity contribution is 8.21. The number of pyridine rings is 1. The number of aromatic nitrogens is 3. The van der Waals surface area contributed by atoms with Crippen LogP contribution in [0.3, 0.4) is 0 Å². The van der Waals surface area contributed by atoms with E-state index < -0.39 is 6.43 Å². The van der Waals surface area contributed by atoms with Gasteiger partial charge in [0.1, 0.15) is 0 Å². The van der Waals surface area contributed by atoms with Gasteiger partial charge in [0.15, 0.2) is 10.0 Å². The fourth-order valence-electron chi connectivity index (χ4n) is 1.85. The van der Waals surface area contributed by atoms with Crippen molar-refractivity contribution in [3.63, 3.8) is 0 Å². The fourth-order valence-corrected chi connectivity index (χ4v) is 3.84. The van der Waals surface area contributed by atoms with E-state index in [2.05, 4.69) is 10.2 Å². The first kappa shape index (κ1) is 18.7. The van der Waals surface area contributed by atoms with Crippen LogP contribution in [-0.2, 0) is 0 Å².